The Kier molecular flexibility index (Phi) is 14.0. The van der Waals surface area contributed by atoms with Crippen molar-refractivity contribution in [3.63, 3.8) is 0 Å². The van der Waals surface area contributed by atoms with E-state index in [2.05, 4.69) is 0 Å². The molecule has 0 amide bonds. The smallest absolute Gasteiger partial charge is 0.374 e. The van der Waals surface area contributed by atoms with Crippen LogP contribution in [0.5, 0.6) is 0 Å². The molecule has 0 aromatic rings. The Labute approximate surface area is 117 Å². The molecule has 1 unspecified atom stereocenters. The van der Waals surface area contributed by atoms with Crippen LogP contribution in [0, 0.1) is 0 Å². The monoisotopic (exact) mass is 296 g/mol. The van der Waals surface area contributed by atoms with Gasteiger partial charge in [0.25, 0.3) is 0 Å². The summed E-state index contributed by atoms with van der Waals surface area (Å²) in [5, 5.41) is 0. The lowest BCUT2D eigenvalue weighted by atomic mass is 10.3. The van der Waals surface area contributed by atoms with E-state index in [0.717, 1.165) is 18.9 Å². The van der Waals surface area contributed by atoms with Crippen LogP contribution in [0.15, 0.2) is 0 Å². The first-order chi connectivity index (χ1) is 8.14. The summed E-state index contributed by atoms with van der Waals surface area (Å²) in [4.78, 5) is 0. The van der Waals surface area contributed by atoms with E-state index in [9.17, 15) is 0 Å². The highest BCUT2D eigenvalue weighted by molar-refractivity contribution is 6.60. The molecule has 0 bridgehead atoms. The fourth-order valence-electron chi connectivity index (χ4n) is 1.67. The van der Waals surface area contributed by atoms with Gasteiger partial charge in [-0.25, -0.2) is 0 Å². The Bertz CT molecular complexity index is 182. The predicted molar refractivity (Wildman–Crippen MR) is 83.0 cm³/mol. The van der Waals surface area contributed by atoms with E-state index in [4.69, 9.17) is 24.7 Å². The molecular formula is C11H32N2O3Si2. The van der Waals surface area contributed by atoms with Gasteiger partial charge in [-0.2, -0.15) is 0 Å². The van der Waals surface area contributed by atoms with Crippen molar-refractivity contribution in [3.8, 4) is 0 Å². The highest BCUT2D eigenvalue weighted by Crippen LogP contribution is 2.20. The third-order valence-corrected chi connectivity index (χ3v) is 5.55. The van der Waals surface area contributed by atoms with E-state index in [-0.39, 0.29) is 17.1 Å². The van der Waals surface area contributed by atoms with Crippen LogP contribution in [0.25, 0.3) is 0 Å². The van der Waals surface area contributed by atoms with Gasteiger partial charge in [0.2, 0.25) is 0 Å². The number of hydrogen-bond donors (Lipinski definition) is 2. The van der Waals surface area contributed by atoms with Gasteiger partial charge in [0.1, 0.15) is 0 Å². The van der Waals surface area contributed by atoms with Crippen LogP contribution in [0.1, 0.15) is 33.6 Å². The summed E-state index contributed by atoms with van der Waals surface area (Å²) in [6.07, 6.45) is 1.75. The molecule has 7 heteroatoms. The van der Waals surface area contributed by atoms with Gasteiger partial charge in [0.15, 0.2) is 0 Å². The minimum absolute atomic E-state index is 0. The molecule has 0 fully saturated rings. The molecule has 112 valence electrons. The maximum Gasteiger partial charge on any atom is 0.501 e. The minimum atomic E-state index is -2.55. The molecule has 0 radical (unpaired) electrons. The normalized spacial score (nSPS) is 13.2. The third-order valence-electron chi connectivity index (χ3n) is 2.37. The largest absolute Gasteiger partial charge is 0.501 e. The number of hydrogen-bond acceptors (Lipinski definition) is 5. The van der Waals surface area contributed by atoms with Crippen molar-refractivity contribution in [1.29, 1.82) is 0 Å². The minimum Gasteiger partial charge on any atom is -0.374 e. The lowest BCUT2D eigenvalue weighted by Crippen LogP contribution is -2.48. The molecule has 0 heterocycles. The summed E-state index contributed by atoms with van der Waals surface area (Å²) in [7, 11) is -2.55. The number of rotatable bonds is 11. The van der Waals surface area contributed by atoms with Gasteiger partial charge in [-0.15, -0.1) is 0 Å². The second kappa shape index (κ2) is 12.3. The lowest BCUT2D eigenvalue weighted by molar-refractivity contribution is 0.0362. The molecule has 0 saturated heterocycles. The first kappa shape index (κ1) is 20.5. The van der Waals surface area contributed by atoms with E-state index in [1.165, 1.54) is 0 Å². The Morgan fingerprint density at radius 1 is 1.06 bits per heavy atom. The van der Waals surface area contributed by atoms with Crippen molar-refractivity contribution in [2.45, 2.75) is 45.8 Å². The van der Waals surface area contributed by atoms with E-state index in [1.54, 1.807) is 0 Å². The van der Waals surface area contributed by atoms with Crippen molar-refractivity contribution in [2.24, 2.45) is 11.5 Å². The van der Waals surface area contributed by atoms with Crippen molar-refractivity contribution >= 4 is 19.8 Å². The number of nitrogens with two attached hydrogens (primary N) is 2. The first-order valence-electron chi connectivity index (χ1n) is 6.50. The van der Waals surface area contributed by atoms with Crippen LogP contribution in [0.4, 0.5) is 0 Å². The van der Waals surface area contributed by atoms with Crippen LogP contribution in [0.3, 0.4) is 0 Å². The van der Waals surface area contributed by atoms with Gasteiger partial charge in [-0.05, 0) is 57.7 Å². The van der Waals surface area contributed by atoms with Crippen molar-refractivity contribution in [3.05, 3.63) is 0 Å². The molecule has 0 aromatic carbocycles. The standard InChI is InChI=1S/C11H28N2O3Si.H4Si/c1-4-14-17(15-5-2,10-6-8-12)16-11(3)7-9-13;/h11H,4-10,12-13H2,1-3H3;1H4. The molecule has 5 nitrogen and oxygen atoms in total. The van der Waals surface area contributed by atoms with Crippen molar-refractivity contribution in [2.75, 3.05) is 26.3 Å². The third kappa shape index (κ3) is 8.36. The first-order valence-corrected chi connectivity index (χ1v) is 8.43. The molecule has 0 spiro atoms. The van der Waals surface area contributed by atoms with Crippen LogP contribution in [-0.4, -0.2) is 52.2 Å². The lowest BCUT2D eigenvalue weighted by Gasteiger charge is -2.31. The fraction of sp³-hybridized carbons (Fsp3) is 1.00. The van der Waals surface area contributed by atoms with E-state index in [0.29, 0.717) is 26.3 Å². The summed E-state index contributed by atoms with van der Waals surface area (Å²) in [5.41, 5.74) is 11.1. The Hall–Kier alpha value is 0.234. The average Bonchev–Trinajstić information content (AvgIpc) is 2.27. The van der Waals surface area contributed by atoms with E-state index >= 15 is 0 Å². The van der Waals surface area contributed by atoms with Crippen LogP contribution < -0.4 is 11.5 Å². The summed E-state index contributed by atoms with van der Waals surface area (Å²) in [6, 6.07) is 0.778. The highest BCUT2D eigenvalue weighted by atomic mass is 28.4. The molecule has 0 rings (SSSR count). The van der Waals surface area contributed by atoms with Gasteiger partial charge in [0, 0.05) is 25.4 Å². The SMILES string of the molecule is CCO[Si](CCCN)(OCC)OC(C)CCN.[SiH4]. The van der Waals surface area contributed by atoms with E-state index in [1.807, 2.05) is 20.8 Å². The molecule has 0 saturated carbocycles. The maximum absolute atomic E-state index is 6.02. The van der Waals surface area contributed by atoms with Crippen LogP contribution >= 0.6 is 0 Å². The molecule has 0 aliphatic heterocycles. The molecule has 18 heavy (non-hydrogen) atoms. The summed E-state index contributed by atoms with van der Waals surface area (Å²) >= 11 is 0. The fourth-order valence-corrected chi connectivity index (χ4v) is 4.55. The quantitative estimate of drug-likeness (QED) is 0.510. The summed E-state index contributed by atoms with van der Waals surface area (Å²) < 4.78 is 17.6. The van der Waals surface area contributed by atoms with Crippen LogP contribution in [0.2, 0.25) is 6.04 Å². The molecule has 0 aliphatic rings. The highest BCUT2D eigenvalue weighted by Gasteiger charge is 2.41. The maximum atomic E-state index is 6.02. The predicted octanol–water partition coefficient (Wildman–Crippen LogP) is -0.351. The summed E-state index contributed by atoms with van der Waals surface area (Å²) in [5.74, 6) is 0. The van der Waals surface area contributed by atoms with Gasteiger partial charge in [-0.3, -0.25) is 0 Å². The molecule has 1 atom stereocenters. The Morgan fingerprint density at radius 3 is 2.00 bits per heavy atom. The topological polar surface area (TPSA) is 79.7 Å². The van der Waals surface area contributed by atoms with Gasteiger partial charge < -0.3 is 24.7 Å². The van der Waals surface area contributed by atoms with Crippen molar-refractivity contribution < 1.29 is 13.3 Å². The van der Waals surface area contributed by atoms with Gasteiger partial charge in [0.05, 0.1) is 0 Å². The molecule has 4 N–H and O–H groups in total. The second-order valence-corrected chi connectivity index (χ2v) is 6.63. The van der Waals surface area contributed by atoms with Crippen LogP contribution in [-0.2, 0) is 13.3 Å². The Balaban J connectivity index is 0. The molecule has 0 aliphatic carbocycles. The molecular weight excluding hydrogens is 264 g/mol. The Morgan fingerprint density at radius 2 is 1.61 bits per heavy atom. The van der Waals surface area contributed by atoms with Crippen molar-refractivity contribution in [1.82, 2.24) is 0 Å². The second-order valence-electron chi connectivity index (χ2n) is 3.95. The van der Waals surface area contributed by atoms with Gasteiger partial charge in [-0.1, -0.05) is 0 Å². The molecule has 0 aromatic heterocycles. The van der Waals surface area contributed by atoms with E-state index < -0.39 is 8.80 Å². The van der Waals surface area contributed by atoms with Gasteiger partial charge >= 0.3 is 8.80 Å². The zero-order valence-electron chi connectivity index (χ0n) is 11.4. The zero-order valence-corrected chi connectivity index (χ0v) is 12.4. The zero-order chi connectivity index (χ0) is 13.1. The summed E-state index contributed by atoms with van der Waals surface area (Å²) in [6.45, 7) is 8.37. The average molecular weight is 297 g/mol.